The predicted molar refractivity (Wildman–Crippen MR) is 74.8 cm³/mol. The topological polar surface area (TPSA) is 98.6 Å². The van der Waals surface area contributed by atoms with Gasteiger partial charge < -0.3 is 15.6 Å². The molecule has 2 rings (SSSR count). The van der Waals surface area contributed by atoms with Crippen molar-refractivity contribution in [1.82, 2.24) is 0 Å². The number of benzene rings is 2. The van der Waals surface area contributed by atoms with E-state index in [1.165, 1.54) is 18.2 Å². The molecule has 0 aromatic heterocycles. The maximum atomic E-state index is 10.8. The van der Waals surface area contributed by atoms with Crippen molar-refractivity contribution in [1.29, 1.82) is 0 Å². The number of nitrogen functional groups attached to an aromatic ring is 1. The third kappa shape index (κ3) is 3.24. The van der Waals surface area contributed by atoms with Crippen molar-refractivity contribution in [3.8, 4) is 11.5 Å². The van der Waals surface area contributed by atoms with Crippen LogP contribution in [0.3, 0.4) is 0 Å². The van der Waals surface area contributed by atoms with Crippen LogP contribution in [0.25, 0.3) is 0 Å². The first-order chi connectivity index (χ1) is 9.60. The molecule has 0 radical (unpaired) electrons. The smallest absolute Gasteiger partial charge is 0.275 e. The average Bonchev–Trinajstić information content (AvgIpc) is 2.40. The summed E-state index contributed by atoms with van der Waals surface area (Å²) in [5.41, 5.74) is 6.58. The molecule has 0 spiro atoms. The lowest BCUT2D eigenvalue weighted by molar-refractivity contribution is -0.384. The molecular formula is C14H14N2O4. The standard InChI is InChI=1S/C14H14N2O4/c15-11-7-12(16(18)19)9-13(8-11)20-14-4-2-1-3-10(14)5-6-17/h1-4,7-9,17H,5-6,15H2. The number of nitro groups is 1. The number of ether oxygens (including phenoxy) is 1. The zero-order valence-corrected chi connectivity index (χ0v) is 10.7. The fourth-order valence-corrected chi connectivity index (χ4v) is 1.83. The van der Waals surface area contributed by atoms with Crippen molar-refractivity contribution in [2.45, 2.75) is 6.42 Å². The molecule has 3 N–H and O–H groups in total. The van der Waals surface area contributed by atoms with Crippen molar-refractivity contribution < 1.29 is 14.8 Å². The molecule has 0 heterocycles. The first-order valence-electron chi connectivity index (χ1n) is 6.01. The fourth-order valence-electron chi connectivity index (χ4n) is 1.83. The number of non-ortho nitro benzene ring substituents is 1. The first-order valence-corrected chi connectivity index (χ1v) is 6.01. The van der Waals surface area contributed by atoms with E-state index in [0.717, 1.165) is 5.56 Å². The van der Waals surface area contributed by atoms with E-state index in [0.29, 0.717) is 17.9 Å². The van der Waals surface area contributed by atoms with Gasteiger partial charge >= 0.3 is 0 Å². The summed E-state index contributed by atoms with van der Waals surface area (Å²) >= 11 is 0. The van der Waals surface area contributed by atoms with E-state index in [2.05, 4.69) is 0 Å². The highest BCUT2D eigenvalue weighted by molar-refractivity contribution is 5.54. The number of nitrogens with zero attached hydrogens (tertiary/aromatic N) is 1. The van der Waals surface area contributed by atoms with Crippen LogP contribution in [0.2, 0.25) is 0 Å². The van der Waals surface area contributed by atoms with Crippen LogP contribution in [0.15, 0.2) is 42.5 Å². The van der Waals surface area contributed by atoms with Gasteiger partial charge in [-0.1, -0.05) is 18.2 Å². The Morgan fingerprint density at radius 3 is 2.70 bits per heavy atom. The third-order valence-electron chi connectivity index (χ3n) is 2.71. The molecule has 6 nitrogen and oxygen atoms in total. The van der Waals surface area contributed by atoms with Crippen LogP contribution in [-0.2, 0) is 6.42 Å². The van der Waals surface area contributed by atoms with E-state index >= 15 is 0 Å². The normalized spacial score (nSPS) is 10.2. The van der Waals surface area contributed by atoms with Crippen LogP contribution in [0, 0.1) is 10.1 Å². The van der Waals surface area contributed by atoms with Gasteiger partial charge in [0.25, 0.3) is 5.69 Å². The summed E-state index contributed by atoms with van der Waals surface area (Å²) in [5.74, 6) is 0.837. The summed E-state index contributed by atoms with van der Waals surface area (Å²) in [7, 11) is 0. The van der Waals surface area contributed by atoms with Gasteiger partial charge in [0.05, 0.1) is 11.0 Å². The molecular weight excluding hydrogens is 260 g/mol. The fraction of sp³-hybridized carbons (Fsp3) is 0.143. The van der Waals surface area contributed by atoms with Crippen LogP contribution < -0.4 is 10.5 Å². The minimum Gasteiger partial charge on any atom is -0.457 e. The van der Waals surface area contributed by atoms with Crippen molar-refractivity contribution in [3.05, 3.63) is 58.1 Å². The number of rotatable bonds is 5. The Kier molecular flexibility index (Phi) is 4.17. The number of anilines is 1. The number of aliphatic hydroxyl groups excluding tert-OH is 1. The molecule has 0 aliphatic heterocycles. The van der Waals surface area contributed by atoms with Crippen LogP contribution in [0.4, 0.5) is 11.4 Å². The first kappa shape index (κ1) is 13.8. The summed E-state index contributed by atoms with van der Waals surface area (Å²) in [6, 6.07) is 11.3. The summed E-state index contributed by atoms with van der Waals surface area (Å²) in [5, 5.41) is 19.8. The molecule has 104 valence electrons. The van der Waals surface area contributed by atoms with Crippen LogP contribution in [0.5, 0.6) is 11.5 Å². The van der Waals surface area contributed by atoms with Crippen molar-refractivity contribution in [3.63, 3.8) is 0 Å². The minimum atomic E-state index is -0.525. The Hall–Kier alpha value is -2.60. The number of hydrogen-bond donors (Lipinski definition) is 2. The Bertz CT molecular complexity index is 628. The van der Waals surface area contributed by atoms with Gasteiger partial charge in [-0.25, -0.2) is 0 Å². The molecule has 6 heteroatoms. The Morgan fingerprint density at radius 1 is 1.25 bits per heavy atom. The Balaban J connectivity index is 2.32. The zero-order chi connectivity index (χ0) is 14.5. The Labute approximate surface area is 115 Å². The summed E-state index contributed by atoms with van der Waals surface area (Å²) in [6.07, 6.45) is 0.445. The van der Waals surface area contributed by atoms with Gasteiger partial charge in [-0.15, -0.1) is 0 Å². The van der Waals surface area contributed by atoms with Gasteiger partial charge in [-0.2, -0.15) is 0 Å². The lowest BCUT2D eigenvalue weighted by Crippen LogP contribution is -1.97. The SMILES string of the molecule is Nc1cc(Oc2ccccc2CCO)cc([N+](=O)[O-])c1. The predicted octanol–water partition coefficient (Wildman–Crippen LogP) is 2.50. The highest BCUT2D eigenvalue weighted by atomic mass is 16.6. The van der Waals surface area contributed by atoms with Crippen LogP contribution in [-0.4, -0.2) is 16.6 Å². The zero-order valence-electron chi connectivity index (χ0n) is 10.7. The largest absolute Gasteiger partial charge is 0.457 e. The summed E-state index contributed by atoms with van der Waals surface area (Å²) < 4.78 is 5.64. The van der Waals surface area contributed by atoms with Gasteiger partial charge in [0, 0.05) is 24.4 Å². The molecule has 0 bridgehead atoms. The minimum absolute atomic E-state index is 0.00253. The summed E-state index contributed by atoms with van der Waals surface area (Å²) in [6.45, 7) is -0.00253. The van der Waals surface area contributed by atoms with Gasteiger partial charge in [0.1, 0.15) is 11.5 Å². The second-order valence-corrected chi connectivity index (χ2v) is 4.20. The Morgan fingerprint density at radius 2 is 2.00 bits per heavy atom. The van der Waals surface area contributed by atoms with Crippen molar-refractivity contribution in [2.24, 2.45) is 0 Å². The number of nitro benzene ring substituents is 1. The van der Waals surface area contributed by atoms with E-state index in [4.69, 9.17) is 15.6 Å². The highest BCUT2D eigenvalue weighted by Crippen LogP contribution is 2.30. The van der Waals surface area contributed by atoms with E-state index in [1.54, 1.807) is 12.1 Å². The molecule has 0 atom stereocenters. The van der Waals surface area contributed by atoms with Crippen molar-refractivity contribution in [2.75, 3.05) is 12.3 Å². The number of nitrogens with two attached hydrogens (primary N) is 1. The van der Waals surface area contributed by atoms with Crippen LogP contribution in [0.1, 0.15) is 5.56 Å². The molecule has 0 aliphatic rings. The van der Waals surface area contributed by atoms with Crippen LogP contribution >= 0.6 is 0 Å². The van der Waals surface area contributed by atoms with Gasteiger partial charge in [0.15, 0.2) is 0 Å². The molecule has 0 unspecified atom stereocenters. The second-order valence-electron chi connectivity index (χ2n) is 4.20. The number of hydrogen-bond acceptors (Lipinski definition) is 5. The quantitative estimate of drug-likeness (QED) is 0.496. The van der Waals surface area contributed by atoms with Crippen molar-refractivity contribution >= 4 is 11.4 Å². The molecule has 0 aliphatic carbocycles. The molecule has 0 amide bonds. The van der Waals surface area contributed by atoms with Gasteiger partial charge in [-0.05, 0) is 18.1 Å². The second kappa shape index (κ2) is 6.03. The molecule has 2 aromatic rings. The maximum absolute atomic E-state index is 10.8. The van der Waals surface area contributed by atoms with E-state index in [-0.39, 0.29) is 18.0 Å². The van der Waals surface area contributed by atoms with E-state index < -0.39 is 4.92 Å². The number of aliphatic hydroxyl groups is 1. The third-order valence-corrected chi connectivity index (χ3v) is 2.71. The highest BCUT2D eigenvalue weighted by Gasteiger charge is 2.11. The molecule has 20 heavy (non-hydrogen) atoms. The maximum Gasteiger partial charge on any atom is 0.275 e. The number of para-hydroxylation sites is 1. The van der Waals surface area contributed by atoms with E-state index in [1.807, 2.05) is 12.1 Å². The summed E-state index contributed by atoms with van der Waals surface area (Å²) in [4.78, 5) is 10.3. The lowest BCUT2D eigenvalue weighted by Gasteiger charge is -2.10. The van der Waals surface area contributed by atoms with Gasteiger partial charge in [0.2, 0.25) is 0 Å². The van der Waals surface area contributed by atoms with Gasteiger partial charge in [-0.3, -0.25) is 10.1 Å². The molecule has 0 saturated carbocycles. The van der Waals surface area contributed by atoms with E-state index in [9.17, 15) is 10.1 Å². The lowest BCUT2D eigenvalue weighted by atomic mass is 10.1. The monoisotopic (exact) mass is 274 g/mol. The average molecular weight is 274 g/mol. The molecule has 2 aromatic carbocycles. The molecule has 0 fully saturated rings. The molecule has 0 saturated heterocycles.